The lowest BCUT2D eigenvalue weighted by Gasteiger charge is -2.38. The quantitative estimate of drug-likeness (QED) is 0.253. The number of aryl methyl sites for hydroxylation is 4. The Bertz CT molecular complexity index is 1880. The van der Waals surface area contributed by atoms with E-state index in [1.807, 2.05) is 0 Å². The molecule has 2 saturated heterocycles. The lowest BCUT2D eigenvalue weighted by atomic mass is 9.99. The fourth-order valence-electron chi connectivity index (χ4n) is 8.55. The van der Waals surface area contributed by atoms with Crippen LogP contribution in [0.5, 0.6) is 0 Å². The van der Waals surface area contributed by atoms with Crippen molar-refractivity contribution in [3.63, 3.8) is 0 Å². The SMILES string of the molecule is CC1CCN1CCS(=O)(=O)NC(=O)Nc1c2c(cc3c1CCC3)CCC2.CC1CCN1CCS(N)(=O)=O.O=C=Nc1c2c(cc3c1CCC3)CCC2. The van der Waals surface area contributed by atoms with E-state index in [9.17, 15) is 26.4 Å². The van der Waals surface area contributed by atoms with Crippen LogP contribution in [-0.4, -0.2) is 88.5 Å². The van der Waals surface area contributed by atoms with E-state index < -0.39 is 26.1 Å². The number of carbonyl (C=O) groups excluding carboxylic acids is 2. The number of likely N-dealkylation sites (tertiary alicyclic amines) is 2. The molecule has 14 heteroatoms. The van der Waals surface area contributed by atoms with Crippen LogP contribution in [0.4, 0.5) is 16.2 Å². The molecule has 4 N–H and O–H groups in total. The largest absolute Gasteiger partial charge is 0.332 e. The molecule has 0 saturated carbocycles. The first kappa shape index (κ1) is 38.6. The van der Waals surface area contributed by atoms with Crippen molar-refractivity contribution in [3.05, 3.63) is 56.6 Å². The molecule has 2 fully saturated rings. The second-order valence-electron chi connectivity index (χ2n) is 15.2. The number of carbonyl (C=O) groups is 1. The molecule has 2 amide bonds. The number of urea groups is 1. The monoisotopic (exact) mass is 754 g/mol. The van der Waals surface area contributed by atoms with Gasteiger partial charge in [0.05, 0.1) is 17.2 Å². The van der Waals surface area contributed by atoms with Gasteiger partial charge in [-0.2, -0.15) is 4.99 Å². The van der Waals surface area contributed by atoms with Crippen LogP contribution >= 0.6 is 0 Å². The van der Waals surface area contributed by atoms with Crippen molar-refractivity contribution < 1.29 is 26.4 Å². The highest BCUT2D eigenvalue weighted by atomic mass is 32.2. The van der Waals surface area contributed by atoms with Crippen LogP contribution in [0.2, 0.25) is 0 Å². The predicted molar refractivity (Wildman–Crippen MR) is 204 cm³/mol. The molecule has 0 bridgehead atoms. The van der Waals surface area contributed by atoms with E-state index in [4.69, 9.17) is 5.14 Å². The first-order chi connectivity index (χ1) is 24.8. The number of aliphatic imine (C=N–C) groups is 1. The van der Waals surface area contributed by atoms with Gasteiger partial charge in [0.1, 0.15) is 0 Å². The number of primary sulfonamides is 1. The molecule has 6 aliphatic rings. The Hall–Kier alpha value is -3.13. The molecule has 0 radical (unpaired) electrons. The van der Waals surface area contributed by atoms with E-state index in [0.717, 1.165) is 95.1 Å². The van der Waals surface area contributed by atoms with Gasteiger partial charge in [-0.1, -0.05) is 12.1 Å². The van der Waals surface area contributed by atoms with Crippen molar-refractivity contribution in [1.29, 1.82) is 0 Å². The molecule has 2 atom stereocenters. The molecule has 2 aromatic rings. The summed E-state index contributed by atoms with van der Waals surface area (Å²) in [4.78, 5) is 31.1. The topological polar surface area (TPSA) is 171 Å². The summed E-state index contributed by atoms with van der Waals surface area (Å²) in [5.74, 6) is 0.0348. The maximum atomic E-state index is 12.4. The number of hydrogen-bond donors (Lipinski definition) is 3. The standard InChI is InChI=1S/C19H27N3O3S.C13H13NO.C6H14N2O2S/c1-13-8-9-22(13)10-11-26(24,25)21-19(23)20-18-16-6-2-4-14(16)12-15-5-3-7-17(15)18;15-8-14-13-11-5-1-3-9(11)7-10-4-2-6-12(10)13;1-6-2-3-8(6)4-5-11(7,9)10/h12-13H,2-11H2,1H3,(H2,20,21,23);7H,1-6H2;6H,2-5H2,1H3,(H2,7,9,10). The molecule has 8 rings (SSSR count). The summed E-state index contributed by atoms with van der Waals surface area (Å²) in [6, 6.07) is 4.98. The normalized spacial score (nSPS) is 21.4. The van der Waals surface area contributed by atoms with E-state index >= 15 is 0 Å². The molecular weight excluding hydrogens is 701 g/mol. The zero-order valence-corrected chi connectivity index (χ0v) is 32.3. The van der Waals surface area contributed by atoms with Crippen molar-refractivity contribution in [2.75, 3.05) is 43.0 Å². The molecule has 52 heavy (non-hydrogen) atoms. The number of nitrogens with two attached hydrogens (primary N) is 1. The molecule has 4 aliphatic carbocycles. The average Bonchev–Trinajstić information content (AvgIpc) is 3.90. The fourth-order valence-corrected chi connectivity index (χ4v) is 9.95. The van der Waals surface area contributed by atoms with Gasteiger partial charge in [-0.25, -0.2) is 36.3 Å². The van der Waals surface area contributed by atoms with Gasteiger partial charge in [0.2, 0.25) is 26.1 Å². The van der Waals surface area contributed by atoms with Gasteiger partial charge < -0.3 is 5.32 Å². The third-order valence-corrected chi connectivity index (χ3v) is 13.8. The highest BCUT2D eigenvalue weighted by Gasteiger charge is 2.29. The lowest BCUT2D eigenvalue weighted by Crippen LogP contribution is -2.49. The molecular formula is C38H54N6O6S2. The third-order valence-electron chi connectivity index (χ3n) is 11.8. The number of benzene rings is 2. The number of anilines is 1. The van der Waals surface area contributed by atoms with Gasteiger partial charge in [-0.05, 0) is 161 Å². The third kappa shape index (κ3) is 9.32. The predicted octanol–water partition coefficient (Wildman–Crippen LogP) is 4.21. The number of hydrogen-bond acceptors (Lipinski definition) is 9. The number of isocyanates is 1. The maximum Gasteiger partial charge on any atom is 0.332 e. The van der Waals surface area contributed by atoms with Crippen LogP contribution in [0.25, 0.3) is 0 Å². The molecule has 0 spiro atoms. The Morgan fingerprint density at radius 2 is 1.19 bits per heavy atom. The molecule has 2 heterocycles. The van der Waals surface area contributed by atoms with Gasteiger partial charge in [-0.15, -0.1) is 0 Å². The first-order valence-electron chi connectivity index (χ1n) is 19.0. The Balaban J connectivity index is 0.000000150. The zero-order valence-electron chi connectivity index (χ0n) is 30.6. The van der Waals surface area contributed by atoms with Crippen LogP contribution in [0.15, 0.2) is 17.1 Å². The number of amides is 2. The molecule has 0 aromatic heterocycles. The summed E-state index contributed by atoms with van der Waals surface area (Å²) in [5, 5.41) is 7.73. The summed E-state index contributed by atoms with van der Waals surface area (Å²) >= 11 is 0. The minimum atomic E-state index is -3.63. The van der Waals surface area contributed by atoms with Gasteiger partial charge in [0.15, 0.2) is 0 Å². The number of fused-ring (bicyclic) bond motifs is 4. The van der Waals surface area contributed by atoms with E-state index in [0.29, 0.717) is 25.2 Å². The van der Waals surface area contributed by atoms with Crippen molar-refractivity contribution >= 4 is 43.5 Å². The van der Waals surface area contributed by atoms with Gasteiger partial charge in [0.25, 0.3) is 0 Å². The van der Waals surface area contributed by atoms with E-state index in [1.165, 1.54) is 63.8 Å². The minimum absolute atomic E-state index is 0.0459. The Kier molecular flexibility index (Phi) is 12.2. The van der Waals surface area contributed by atoms with Crippen LogP contribution in [0, 0.1) is 0 Å². The second kappa shape index (κ2) is 16.5. The first-order valence-corrected chi connectivity index (χ1v) is 22.4. The van der Waals surface area contributed by atoms with E-state index in [2.05, 4.69) is 50.8 Å². The second-order valence-corrected chi connectivity index (χ2v) is 18.8. The Morgan fingerprint density at radius 1 is 0.750 bits per heavy atom. The number of nitrogens with zero attached hydrogens (tertiary/aromatic N) is 3. The lowest BCUT2D eigenvalue weighted by molar-refractivity contribution is 0.113. The molecule has 2 aromatic carbocycles. The van der Waals surface area contributed by atoms with E-state index in [1.54, 1.807) is 6.08 Å². The smallest absolute Gasteiger partial charge is 0.307 e. The molecule has 284 valence electrons. The van der Waals surface area contributed by atoms with Gasteiger partial charge >= 0.3 is 6.03 Å². The summed E-state index contributed by atoms with van der Waals surface area (Å²) in [6.07, 6.45) is 17.1. The van der Waals surface area contributed by atoms with Crippen LogP contribution < -0.4 is 15.2 Å². The Morgan fingerprint density at radius 3 is 1.60 bits per heavy atom. The average molecular weight is 755 g/mol. The van der Waals surface area contributed by atoms with Crippen LogP contribution in [0.3, 0.4) is 0 Å². The van der Waals surface area contributed by atoms with Crippen molar-refractivity contribution in [2.24, 2.45) is 10.1 Å². The molecule has 12 nitrogen and oxygen atoms in total. The maximum absolute atomic E-state index is 12.4. The van der Waals surface area contributed by atoms with E-state index in [-0.39, 0.29) is 11.5 Å². The summed E-state index contributed by atoms with van der Waals surface area (Å²) in [5.41, 5.74) is 12.3. The summed E-state index contributed by atoms with van der Waals surface area (Å²) in [7, 11) is -6.89. The van der Waals surface area contributed by atoms with Gasteiger partial charge in [-0.3, -0.25) is 9.80 Å². The summed E-state index contributed by atoms with van der Waals surface area (Å²) in [6.45, 7) is 7.18. The number of nitrogens with one attached hydrogen (secondary N) is 2. The van der Waals surface area contributed by atoms with Gasteiger partial charge in [0, 0.05) is 30.9 Å². The van der Waals surface area contributed by atoms with Crippen LogP contribution in [0.1, 0.15) is 96.9 Å². The zero-order chi connectivity index (χ0) is 37.0. The fraction of sp³-hybridized carbons (Fsp3) is 0.632. The highest BCUT2D eigenvalue weighted by molar-refractivity contribution is 7.90. The van der Waals surface area contributed by atoms with Crippen molar-refractivity contribution in [3.8, 4) is 0 Å². The highest BCUT2D eigenvalue weighted by Crippen LogP contribution is 2.40. The molecule has 2 aliphatic heterocycles. The minimum Gasteiger partial charge on any atom is -0.307 e. The van der Waals surface area contributed by atoms with Crippen molar-refractivity contribution in [1.82, 2.24) is 14.5 Å². The Labute approximate surface area is 309 Å². The van der Waals surface area contributed by atoms with Crippen LogP contribution in [-0.2, 0) is 76.2 Å². The summed E-state index contributed by atoms with van der Waals surface area (Å²) < 4.78 is 47.8. The molecule has 2 unspecified atom stereocenters. The van der Waals surface area contributed by atoms with Crippen molar-refractivity contribution in [2.45, 2.75) is 116 Å². The number of rotatable bonds is 9. The number of sulfonamides is 2.